The lowest BCUT2D eigenvalue weighted by Gasteiger charge is -2.26. The summed E-state index contributed by atoms with van der Waals surface area (Å²) in [5, 5.41) is 3.39. The maximum atomic E-state index is 13.1. The Bertz CT molecular complexity index is 1220. The van der Waals surface area contributed by atoms with E-state index in [2.05, 4.69) is 52.9 Å². The van der Waals surface area contributed by atoms with E-state index in [9.17, 15) is 14.4 Å². The van der Waals surface area contributed by atoms with E-state index in [1.54, 1.807) is 30.3 Å². The van der Waals surface area contributed by atoms with Crippen LogP contribution in [0.5, 0.6) is 0 Å². The Hall–Kier alpha value is -3.21. The van der Waals surface area contributed by atoms with Crippen LogP contribution in [0.1, 0.15) is 75.5 Å². The van der Waals surface area contributed by atoms with Crippen molar-refractivity contribution in [1.29, 1.82) is 0 Å². The van der Waals surface area contributed by atoms with Gasteiger partial charge in [0.05, 0.1) is 0 Å². The van der Waals surface area contributed by atoms with Gasteiger partial charge in [0.15, 0.2) is 5.78 Å². The first-order valence-electron chi connectivity index (χ1n) is 10.3. The molecule has 0 atom stereocenters. The molecule has 0 radical (unpaired) electrons. The zero-order valence-corrected chi connectivity index (χ0v) is 19.2. The number of ketones is 1. The van der Waals surface area contributed by atoms with Gasteiger partial charge in [0.25, 0.3) is 0 Å². The molecule has 0 aliphatic rings. The normalized spacial score (nSPS) is 12.1. The molecule has 3 rings (SSSR count). The molecule has 1 heterocycles. The van der Waals surface area contributed by atoms with Crippen molar-refractivity contribution in [3.05, 3.63) is 75.1 Å². The van der Waals surface area contributed by atoms with Gasteiger partial charge in [-0.3, -0.25) is 9.59 Å². The van der Waals surface area contributed by atoms with Crippen LogP contribution >= 0.6 is 0 Å². The van der Waals surface area contributed by atoms with Gasteiger partial charge in [0.2, 0.25) is 5.91 Å². The van der Waals surface area contributed by atoms with Gasteiger partial charge in [-0.25, -0.2) is 4.79 Å². The van der Waals surface area contributed by atoms with Gasteiger partial charge in [-0.05, 0) is 52.8 Å². The third kappa shape index (κ3) is 4.76. The molecule has 3 aromatic rings. The molecule has 0 saturated heterocycles. The lowest BCUT2D eigenvalue weighted by molar-refractivity contribution is -0.114. The number of carbonyl (C=O) groups is 2. The monoisotopic (exact) mass is 419 g/mol. The molecule has 0 aliphatic carbocycles. The molecule has 1 amide bonds. The van der Waals surface area contributed by atoms with Gasteiger partial charge in [0.1, 0.15) is 11.1 Å². The van der Waals surface area contributed by atoms with Crippen molar-refractivity contribution >= 4 is 28.3 Å². The fourth-order valence-corrected chi connectivity index (χ4v) is 3.45. The number of amides is 1. The molecule has 5 heteroatoms. The predicted octanol–water partition coefficient (Wildman–Crippen LogP) is 5.58. The summed E-state index contributed by atoms with van der Waals surface area (Å²) in [7, 11) is 0. The smallest absolute Gasteiger partial charge is 0.347 e. The lowest BCUT2D eigenvalue weighted by atomic mass is 9.79. The Balaban J connectivity index is 2.16. The van der Waals surface area contributed by atoms with E-state index >= 15 is 0 Å². The van der Waals surface area contributed by atoms with Crippen molar-refractivity contribution in [3.8, 4) is 0 Å². The quantitative estimate of drug-likeness (QED) is 0.444. The topological polar surface area (TPSA) is 76.4 Å². The van der Waals surface area contributed by atoms with E-state index in [4.69, 9.17) is 4.42 Å². The molecular formula is C26H29NO4. The molecule has 0 fully saturated rings. The molecule has 2 aromatic carbocycles. The van der Waals surface area contributed by atoms with Crippen molar-refractivity contribution in [2.24, 2.45) is 0 Å². The molecular weight excluding hydrogens is 390 g/mol. The number of rotatable bonds is 3. The summed E-state index contributed by atoms with van der Waals surface area (Å²) >= 11 is 0. The summed E-state index contributed by atoms with van der Waals surface area (Å²) in [4.78, 5) is 37.0. The summed E-state index contributed by atoms with van der Waals surface area (Å²) < 4.78 is 5.70. The Morgan fingerprint density at radius 1 is 0.871 bits per heavy atom. The van der Waals surface area contributed by atoms with Crippen LogP contribution in [0.25, 0.3) is 11.0 Å². The SMILES string of the molecule is CC(=O)Nc1ccc(C(=O)c2cc3cc(C(C)(C)C)cc(C(C)(C)C)c3oc2=O)cc1. The first kappa shape index (κ1) is 22.5. The van der Waals surface area contributed by atoms with Crippen LogP contribution in [0.2, 0.25) is 0 Å². The largest absolute Gasteiger partial charge is 0.422 e. The minimum atomic E-state index is -0.655. The average molecular weight is 420 g/mol. The average Bonchev–Trinajstić information content (AvgIpc) is 2.64. The first-order valence-corrected chi connectivity index (χ1v) is 10.3. The van der Waals surface area contributed by atoms with Crippen LogP contribution in [0.3, 0.4) is 0 Å². The van der Waals surface area contributed by atoms with E-state index in [1.165, 1.54) is 6.92 Å². The maximum absolute atomic E-state index is 13.1. The molecule has 5 nitrogen and oxygen atoms in total. The van der Waals surface area contributed by atoms with Gasteiger partial charge >= 0.3 is 5.63 Å². The molecule has 1 N–H and O–H groups in total. The number of hydrogen-bond acceptors (Lipinski definition) is 4. The zero-order valence-electron chi connectivity index (χ0n) is 19.2. The molecule has 31 heavy (non-hydrogen) atoms. The van der Waals surface area contributed by atoms with E-state index in [1.807, 2.05) is 6.07 Å². The van der Waals surface area contributed by atoms with Crippen LogP contribution in [-0.4, -0.2) is 11.7 Å². The third-order valence-electron chi connectivity index (χ3n) is 5.22. The van der Waals surface area contributed by atoms with Crippen molar-refractivity contribution in [3.63, 3.8) is 0 Å². The minimum absolute atomic E-state index is 0.00862. The van der Waals surface area contributed by atoms with Crippen molar-refractivity contribution in [2.45, 2.75) is 59.3 Å². The highest BCUT2D eigenvalue weighted by atomic mass is 16.4. The second-order valence-electron chi connectivity index (χ2n) is 9.98. The minimum Gasteiger partial charge on any atom is -0.422 e. The first-order chi connectivity index (χ1) is 14.3. The summed E-state index contributed by atoms with van der Waals surface area (Å²) in [6, 6.07) is 12.2. The molecule has 0 saturated carbocycles. The van der Waals surface area contributed by atoms with E-state index < -0.39 is 11.4 Å². The highest BCUT2D eigenvalue weighted by molar-refractivity contribution is 6.10. The number of anilines is 1. The van der Waals surface area contributed by atoms with Gasteiger partial charge in [-0.1, -0.05) is 47.6 Å². The summed E-state index contributed by atoms with van der Waals surface area (Å²) in [5.74, 6) is -0.609. The number of carbonyl (C=O) groups excluding carboxylic acids is 2. The third-order valence-corrected chi connectivity index (χ3v) is 5.22. The van der Waals surface area contributed by atoms with Crippen molar-refractivity contribution in [1.82, 2.24) is 0 Å². The molecule has 0 aliphatic heterocycles. The van der Waals surface area contributed by atoms with Crippen molar-refractivity contribution in [2.75, 3.05) is 5.32 Å². The summed E-state index contributed by atoms with van der Waals surface area (Å²) in [6.07, 6.45) is 0. The fraction of sp³-hybridized carbons (Fsp3) is 0.346. The predicted molar refractivity (Wildman–Crippen MR) is 124 cm³/mol. The number of hydrogen-bond donors (Lipinski definition) is 1. The van der Waals surface area contributed by atoms with E-state index in [0.717, 1.165) is 16.5 Å². The Morgan fingerprint density at radius 2 is 1.48 bits per heavy atom. The summed E-state index contributed by atoms with van der Waals surface area (Å²) in [5.41, 5.74) is 2.49. The molecule has 0 unspecified atom stereocenters. The van der Waals surface area contributed by atoms with Crippen molar-refractivity contribution < 1.29 is 14.0 Å². The van der Waals surface area contributed by atoms with Gasteiger partial charge < -0.3 is 9.73 Å². The van der Waals surface area contributed by atoms with Gasteiger partial charge in [-0.15, -0.1) is 0 Å². The number of benzene rings is 2. The standard InChI is InChI=1S/C26H29NO4/c1-15(28)27-19-10-8-16(9-11-19)22(29)20-13-17-12-18(25(2,3)4)14-21(26(5,6)7)23(17)31-24(20)30/h8-14H,1-7H3,(H,27,28). The second-order valence-corrected chi connectivity index (χ2v) is 9.98. The van der Waals surface area contributed by atoms with E-state index in [0.29, 0.717) is 16.8 Å². The zero-order chi connectivity index (χ0) is 23.1. The second kappa shape index (κ2) is 7.80. The van der Waals surface area contributed by atoms with Crippen LogP contribution in [0, 0.1) is 0 Å². The Labute approximate surface area is 182 Å². The maximum Gasteiger partial charge on any atom is 0.347 e. The molecule has 0 spiro atoms. The van der Waals surface area contributed by atoms with Crippen LogP contribution in [-0.2, 0) is 15.6 Å². The fourth-order valence-electron chi connectivity index (χ4n) is 3.45. The summed E-state index contributed by atoms with van der Waals surface area (Å²) in [6.45, 7) is 14.0. The molecule has 1 aromatic heterocycles. The Kier molecular flexibility index (Phi) is 5.66. The highest BCUT2D eigenvalue weighted by Crippen LogP contribution is 2.35. The highest BCUT2D eigenvalue weighted by Gasteiger charge is 2.25. The number of nitrogens with one attached hydrogen (secondary N) is 1. The molecule has 0 bridgehead atoms. The van der Waals surface area contributed by atoms with E-state index in [-0.39, 0.29) is 22.3 Å². The van der Waals surface area contributed by atoms with Crippen LogP contribution < -0.4 is 10.9 Å². The van der Waals surface area contributed by atoms with Crippen LogP contribution in [0.15, 0.2) is 51.7 Å². The Morgan fingerprint density at radius 3 is 2.00 bits per heavy atom. The van der Waals surface area contributed by atoms with Gasteiger partial charge in [0, 0.05) is 29.1 Å². The lowest BCUT2D eigenvalue weighted by Crippen LogP contribution is -2.19. The van der Waals surface area contributed by atoms with Crippen LogP contribution in [0.4, 0.5) is 5.69 Å². The number of fused-ring (bicyclic) bond motifs is 1. The van der Waals surface area contributed by atoms with Gasteiger partial charge in [-0.2, -0.15) is 0 Å². The molecule has 162 valence electrons.